The van der Waals surface area contributed by atoms with E-state index in [1.165, 1.54) is 0 Å². The predicted octanol–water partition coefficient (Wildman–Crippen LogP) is 4.87. The number of rotatable bonds is 5. The highest BCUT2D eigenvalue weighted by Crippen LogP contribution is 2.22. The number of amides is 1. The summed E-state index contributed by atoms with van der Waals surface area (Å²) in [6.45, 7) is 5.76. The second kappa shape index (κ2) is 7.97. The molecule has 140 valence electrons. The summed E-state index contributed by atoms with van der Waals surface area (Å²) >= 11 is 6.00. The Labute approximate surface area is 163 Å². The van der Waals surface area contributed by atoms with Crippen molar-refractivity contribution < 1.29 is 9.21 Å². The molecule has 2 aromatic carbocycles. The third-order valence-corrected chi connectivity index (χ3v) is 5.01. The van der Waals surface area contributed by atoms with Crippen molar-refractivity contribution in [2.24, 2.45) is 0 Å². The first-order chi connectivity index (χ1) is 12.8. The first-order valence-electron chi connectivity index (χ1n) is 8.93. The maximum absolute atomic E-state index is 12.3. The van der Waals surface area contributed by atoms with Gasteiger partial charge in [-0.25, -0.2) is 4.79 Å². The van der Waals surface area contributed by atoms with Crippen LogP contribution in [0.4, 0.5) is 0 Å². The summed E-state index contributed by atoms with van der Waals surface area (Å²) in [5.74, 6) is -0.120. The Hall–Kier alpha value is -2.59. The minimum absolute atomic E-state index is 0.120. The number of benzene rings is 2. The van der Waals surface area contributed by atoms with Crippen LogP contribution in [0.3, 0.4) is 0 Å². The van der Waals surface area contributed by atoms with E-state index in [2.05, 4.69) is 5.32 Å². The molecular formula is C22H22ClNO3. The minimum Gasteiger partial charge on any atom is -0.423 e. The van der Waals surface area contributed by atoms with E-state index < -0.39 is 0 Å². The minimum atomic E-state index is -0.374. The van der Waals surface area contributed by atoms with Crippen LogP contribution in [0.2, 0.25) is 5.02 Å². The van der Waals surface area contributed by atoms with E-state index in [-0.39, 0.29) is 24.0 Å². The van der Waals surface area contributed by atoms with Crippen LogP contribution in [-0.4, -0.2) is 5.91 Å². The molecule has 1 amide bonds. The van der Waals surface area contributed by atoms with Gasteiger partial charge in [0.05, 0.1) is 6.04 Å². The van der Waals surface area contributed by atoms with Gasteiger partial charge in [0.25, 0.3) is 0 Å². The van der Waals surface area contributed by atoms with Gasteiger partial charge < -0.3 is 9.73 Å². The van der Waals surface area contributed by atoms with Crippen LogP contribution in [-0.2, 0) is 11.2 Å². The molecule has 1 atom stereocenters. The molecule has 1 unspecified atom stereocenters. The summed E-state index contributed by atoms with van der Waals surface area (Å²) in [5.41, 5.74) is 3.61. The lowest BCUT2D eigenvalue weighted by atomic mass is 10.0. The molecule has 1 N–H and O–H groups in total. The lowest BCUT2D eigenvalue weighted by Crippen LogP contribution is -2.27. The molecule has 1 aromatic heterocycles. The largest absolute Gasteiger partial charge is 0.423 e. The van der Waals surface area contributed by atoms with Crippen LogP contribution in [0, 0.1) is 13.8 Å². The van der Waals surface area contributed by atoms with Crippen molar-refractivity contribution in [3.05, 3.63) is 80.2 Å². The standard InChI is InChI=1S/C22H22ClNO3/c1-13-7-8-18-14(2)19(22(26)27-20(18)11-13)9-10-21(25)24-15(3)16-5-4-6-17(23)12-16/h4-8,11-12,15H,9-10H2,1-3H3,(H,24,25). The summed E-state index contributed by atoms with van der Waals surface area (Å²) in [6.07, 6.45) is 0.556. The molecule has 0 aliphatic carbocycles. The van der Waals surface area contributed by atoms with Gasteiger partial charge in [0.2, 0.25) is 5.91 Å². The van der Waals surface area contributed by atoms with Crippen LogP contribution in [0.25, 0.3) is 11.0 Å². The SMILES string of the molecule is Cc1ccc2c(C)c(CCC(=O)NC(C)c3cccc(Cl)c3)c(=O)oc2c1. The summed E-state index contributed by atoms with van der Waals surface area (Å²) < 4.78 is 5.45. The van der Waals surface area contributed by atoms with E-state index in [0.29, 0.717) is 22.6 Å². The first kappa shape index (κ1) is 19.2. The second-order valence-electron chi connectivity index (χ2n) is 6.84. The Bertz CT molecular complexity index is 1060. The predicted molar refractivity (Wildman–Crippen MR) is 108 cm³/mol. The number of nitrogens with one attached hydrogen (secondary N) is 1. The quantitative estimate of drug-likeness (QED) is 0.639. The van der Waals surface area contributed by atoms with Gasteiger partial charge in [-0.2, -0.15) is 0 Å². The smallest absolute Gasteiger partial charge is 0.339 e. The van der Waals surface area contributed by atoms with E-state index in [1.54, 1.807) is 6.07 Å². The van der Waals surface area contributed by atoms with Gasteiger partial charge in [0.1, 0.15) is 5.58 Å². The fourth-order valence-corrected chi connectivity index (χ4v) is 3.40. The van der Waals surface area contributed by atoms with Crippen LogP contribution in [0.1, 0.15) is 41.6 Å². The third kappa shape index (κ3) is 4.40. The normalized spacial score (nSPS) is 12.1. The molecule has 0 saturated carbocycles. The number of aryl methyl sites for hydroxylation is 2. The molecule has 27 heavy (non-hydrogen) atoms. The Balaban J connectivity index is 1.72. The highest BCUT2D eigenvalue weighted by molar-refractivity contribution is 6.30. The van der Waals surface area contributed by atoms with Gasteiger partial charge in [-0.1, -0.05) is 35.9 Å². The molecule has 0 radical (unpaired) electrons. The number of carbonyl (C=O) groups is 1. The molecule has 3 aromatic rings. The van der Waals surface area contributed by atoms with Crippen molar-refractivity contribution in [3.63, 3.8) is 0 Å². The summed E-state index contributed by atoms with van der Waals surface area (Å²) in [5, 5.41) is 4.49. The Morgan fingerprint density at radius 2 is 1.96 bits per heavy atom. The third-order valence-electron chi connectivity index (χ3n) is 4.77. The molecular weight excluding hydrogens is 362 g/mol. The lowest BCUT2D eigenvalue weighted by molar-refractivity contribution is -0.121. The van der Waals surface area contributed by atoms with Crippen molar-refractivity contribution in [2.75, 3.05) is 0 Å². The molecule has 0 aliphatic heterocycles. The van der Waals surface area contributed by atoms with Crippen molar-refractivity contribution in [1.29, 1.82) is 0 Å². The summed E-state index contributed by atoms with van der Waals surface area (Å²) in [7, 11) is 0. The van der Waals surface area contributed by atoms with E-state index in [4.69, 9.17) is 16.0 Å². The van der Waals surface area contributed by atoms with Crippen molar-refractivity contribution >= 4 is 28.5 Å². The zero-order valence-electron chi connectivity index (χ0n) is 15.6. The molecule has 4 nitrogen and oxygen atoms in total. The van der Waals surface area contributed by atoms with E-state index >= 15 is 0 Å². The summed E-state index contributed by atoms with van der Waals surface area (Å²) in [4.78, 5) is 24.7. The van der Waals surface area contributed by atoms with Gasteiger partial charge >= 0.3 is 5.63 Å². The number of hydrogen-bond donors (Lipinski definition) is 1. The average molecular weight is 384 g/mol. The number of carbonyl (C=O) groups excluding carboxylic acids is 1. The van der Waals surface area contributed by atoms with Crippen molar-refractivity contribution in [3.8, 4) is 0 Å². The first-order valence-corrected chi connectivity index (χ1v) is 9.30. The summed E-state index contributed by atoms with van der Waals surface area (Å²) in [6, 6.07) is 13.0. The van der Waals surface area contributed by atoms with Gasteiger partial charge in [-0.15, -0.1) is 0 Å². The monoisotopic (exact) mass is 383 g/mol. The van der Waals surface area contributed by atoms with Crippen LogP contribution >= 0.6 is 11.6 Å². The molecule has 0 saturated heterocycles. The topological polar surface area (TPSA) is 59.3 Å². The van der Waals surface area contributed by atoms with Gasteiger partial charge in [0.15, 0.2) is 0 Å². The van der Waals surface area contributed by atoms with Gasteiger partial charge in [0, 0.05) is 22.4 Å². The Kier molecular flexibility index (Phi) is 5.66. The number of fused-ring (bicyclic) bond motifs is 1. The molecule has 0 bridgehead atoms. The van der Waals surface area contributed by atoms with Gasteiger partial charge in [-0.3, -0.25) is 4.79 Å². The van der Waals surface area contributed by atoms with Crippen LogP contribution in [0.5, 0.6) is 0 Å². The zero-order chi connectivity index (χ0) is 19.6. The number of halogens is 1. The van der Waals surface area contributed by atoms with Gasteiger partial charge in [-0.05, 0) is 62.1 Å². The molecule has 1 heterocycles. The highest BCUT2D eigenvalue weighted by atomic mass is 35.5. The average Bonchev–Trinajstić information content (AvgIpc) is 2.61. The highest BCUT2D eigenvalue weighted by Gasteiger charge is 2.15. The zero-order valence-corrected chi connectivity index (χ0v) is 16.4. The fourth-order valence-electron chi connectivity index (χ4n) is 3.20. The van der Waals surface area contributed by atoms with Crippen LogP contribution < -0.4 is 10.9 Å². The maximum atomic E-state index is 12.3. The molecule has 3 rings (SSSR count). The molecule has 0 spiro atoms. The lowest BCUT2D eigenvalue weighted by Gasteiger charge is -2.15. The van der Waals surface area contributed by atoms with E-state index in [9.17, 15) is 9.59 Å². The Morgan fingerprint density at radius 3 is 2.70 bits per heavy atom. The van der Waals surface area contributed by atoms with Crippen LogP contribution in [0.15, 0.2) is 51.7 Å². The van der Waals surface area contributed by atoms with E-state index in [0.717, 1.165) is 22.1 Å². The second-order valence-corrected chi connectivity index (χ2v) is 7.27. The van der Waals surface area contributed by atoms with Crippen molar-refractivity contribution in [2.45, 2.75) is 39.7 Å². The van der Waals surface area contributed by atoms with E-state index in [1.807, 2.05) is 57.2 Å². The van der Waals surface area contributed by atoms with Crippen molar-refractivity contribution in [1.82, 2.24) is 5.32 Å². The fraction of sp³-hybridized carbons (Fsp3) is 0.273. The Morgan fingerprint density at radius 1 is 1.19 bits per heavy atom. The molecule has 5 heteroatoms. The molecule has 0 aliphatic rings. The maximum Gasteiger partial charge on any atom is 0.339 e. The molecule has 0 fully saturated rings. The number of hydrogen-bond acceptors (Lipinski definition) is 3.